The Kier molecular flexibility index (Phi) is 5.57. The van der Waals surface area contributed by atoms with Gasteiger partial charge >= 0.3 is 6.03 Å². The highest BCUT2D eigenvalue weighted by Gasteiger charge is 2.33. The number of nitrogens with zero attached hydrogens (tertiary/aromatic N) is 2. The number of ether oxygens (including phenoxy) is 1. The monoisotopic (exact) mass is 353 g/mol. The minimum Gasteiger partial charge on any atom is -0.375 e. The maximum atomic E-state index is 12.9. The smallest absolute Gasteiger partial charge is 0.322 e. The quantitative estimate of drug-likeness (QED) is 0.876. The molecule has 26 heavy (non-hydrogen) atoms. The molecular formula is C21H27N3O2. The van der Waals surface area contributed by atoms with Crippen molar-refractivity contribution in [2.24, 2.45) is 0 Å². The number of hydrogen-bond donors (Lipinski definition) is 1. The van der Waals surface area contributed by atoms with Crippen molar-refractivity contribution in [3.05, 3.63) is 48.8 Å². The van der Waals surface area contributed by atoms with Crippen LogP contribution >= 0.6 is 0 Å². The molecule has 0 bridgehead atoms. The molecule has 5 heteroatoms. The number of pyridine rings is 1. The van der Waals surface area contributed by atoms with Gasteiger partial charge in [0, 0.05) is 42.8 Å². The molecular weight excluding hydrogens is 326 g/mol. The molecule has 0 saturated carbocycles. The predicted octanol–water partition coefficient (Wildman–Crippen LogP) is 4.56. The van der Waals surface area contributed by atoms with Crippen LogP contribution in [0, 0.1) is 0 Å². The Hall–Kier alpha value is -2.40. The van der Waals surface area contributed by atoms with Gasteiger partial charge in [0.25, 0.3) is 0 Å². The van der Waals surface area contributed by atoms with Crippen molar-refractivity contribution in [3.8, 4) is 11.1 Å². The molecule has 1 aromatic carbocycles. The zero-order valence-corrected chi connectivity index (χ0v) is 15.7. The van der Waals surface area contributed by atoms with Crippen LogP contribution < -0.4 is 5.32 Å². The second kappa shape index (κ2) is 7.87. The molecule has 1 aromatic heterocycles. The van der Waals surface area contributed by atoms with Crippen LogP contribution in [0.5, 0.6) is 0 Å². The minimum absolute atomic E-state index is 0.0569. The van der Waals surface area contributed by atoms with Gasteiger partial charge in [0.15, 0.2) is 0 Å². The van der Waals surface area contributed by atoms with Crippen molar-refractivity contribution in [1.82, 2.24) is 9.88 Å². The third-order valence-corrected chi connectivity index (χ3v) is 4.82. The highest BCUT2D eigenvalue weighted by atomic mass is 16.5. The molecule has 0 spiro atoms. The number of rotatable bonds is 4. The SMILES string of the molecule is CCN(C(=O)Nc1cccc(-c2cccnc2)c1)C1CCOC(C)(C)C1. The van der Waals surface area contributed by atoms with Crippen LogP contribution in [-0.4, -0.2) is 40.7 Å². The highest BCUT2D eigenvalue weighted by molar-refractivity contribution is 5.90. The molecule has 1 aliphatic heterocycles. The standard InChI is InChI=1S/C21H27N3O2/c1-4-24(19-10-12-26-21(2,3)14-19)20(25)23-18-9-5-7-16(13-18)17-8-6-11-22-15-17/h5-9,11,13,15,19H,4,10,12,14H2,1-3H3,(H,23,25). The van der Waals surface area contributed by atoms with Gasteiger partial charge in [-0.15, -0.1) is 0 Å². The van der Waals surface area contributed by atoms with E-state index in [-0.39, 0.29) is 17.7 Å². The lowest BCUT2D eigenvalue weighted by Gasteiger charge is -2.40. The molecule has 1 N–H and O–H groups in total. The Balaban J connectivity index is 1.72. The van der Waals surface area contributed by atoms with E-state index in [9.17, 15) is 4.79 Å². The van der Waals surface area contributed by atoms with Gasteiger partial charge in [0.1, 0.15) is 0 Å². The Bertz CT molecular complexity index is 746. The summed E-state index contributed by atoms with van der Waals surface area (Å²) in [6.07, 6.45) is 5.30. The first-order valence-corrected chi connectivity index (χ1v) is 9.20. The zero-order chi connectivity index (χ0) is 18.6. The van der Waals surface area contributed by atoms with E-state index in [1.54, 1.807) is 6.20 Å². The summed E-state index contributed by atoms with van der Waals surface area (Å²) in [7, 11) is 0. The molecule has 1 unspecified atom stereocenters. The number of nitrogens with one attached hydrogen (secondary N) is 1. The molecule has 5 nitrogen and oxygen atoms in total. The fourth-order valence-electron chi connectivity index (χ4n) is 3.54. The van der Waals surface area contributed by atoms with Crippen molar-refractivity contribution in [3.63, 3.8) is 0 Å². The Morgan fingerprint density at radius 3 is 2.81 bits per heavy atom. The number of anilines is 1. The van der Waals surface area contributed by atoms with Crippen molar-refractivity contribution in [2.75, 3.05) is 18.5 Å². The molecule has 2 aromatic rings. The molecule has 3 rings (SSSR count). The number of aromatic nitrogens is 1. The van der Waals surface area contributed by atoms with Crippen molar-refractivity contribution < 1.29 is 9.53 Å². The number of hydrogen-bond acceptors (Lipinski definition) is 3. The third kappa shape index (κ3) is 4.41. The topological polar surface area (TPSA) is 54.5 Å². The lowest BCUT2D eigenvalue weighted by Crippen LogP contribution is -2.49. The lowest BCUT2D eigenvalue weighted by molar-refractivity contribution is -0.0758. The van der Waals surface area contributed by atoms with Gasteiger partial charge in [-0.3, -0.25) is 4.98 Å². The Labute approximate surface area is 155 Å². The van der Waals surface area contributed by atoms with Gasteiger partial charge in [0.05, 0.1) is 5.60 Å². The number of urea groups is 1. The predicted molar refractivity (Wildman–Crippen MR) is 104 cm³/mol. The van der Waals surface area contributed by atoms with Crippen LogP contribution in [-0.2, 0) is 4.74 Å². The highest BCUT2D eigenvalue weighted by Crippen LogP contribution is 2.28. The summed E-state index contributed by atoms with van der Waals surface area (Å²) in [4.78, 5) is 18.9. The van der Waals surface area contributed by atoms with E-state index in [1.165, 1.54) is 0 Å². The van der Waals surface area contributed by atoms with E-state index in [1.807, 2.05) is 54.4 Å². The number of carbonyl (C=O) groups is 1. The van der Waals surface area contributed by atoms with E-state index >= 15 is 0 Å². The third-order valence-electron chi connectivity index (χ3n) is 4.82. The summed E-state index contributed by atoms with van der Waals surface area (Å²) in [5.74, 6) is 0. The fourth-order valence-corrected chi connectivity index (χ4v) is 3.54. The first-order chi connectivity index (χ1) is 12.5. The van der Waals surface area contributed by atoms with E-state index in [4.69, 9.17) is 4.74 Å². The van der Waals surface area contributed by atoms with Gasteiger partial charge in [-0.25, -0.2) is 4.79 Å². The van der Waals surface area contributed by atoms with Crippen LogP contribution in [0.1, 0.15) is 33.6 Å². The molecule has 2 amide bonds. The van der Waals surface area contributed by atoms with Crippen LogP contribution in [0.25, 0.3) is 11.1 Å². The second-order valence-electron chi connectivity index (χ2n) is 7.29. The summed E-state index contributed by atoms with van der Waals surface area (Å²) >= 11 is 0. The second-order valence-corrected chi connectivity index (χ2v) is 7.29. The van der Waals surface area contributed by atoms with Crippen molar-refractivity contribution in [2.45, 2.75) is 45.3 Å². The van der Waals surface area contributed by atoms with Gasteiger partial charge in [-0.2, -0.15) is 0 Å². The maximum absolute atomic E-state index is 12.9. The van der Waals surface area contributed by atoms with Gasteiger partial charge in [-0.05, 0) is 57.4 Å². The average Bonchev–Trinajstić information content (AvgIpc) is 2.62. The van der Waals surface area contributed by atoms with Crippen molar-refractivity contribution >= 4 is 11.7 Å². The molecule has 1 atom stereocenters. The van der Waals surface area contributed by atoms with E-state index in [0.717, 1.165) is 29.7 Å². The molecule has 138 valence electrons. The minimum atomic E-state index is -0.184. The Morgan fingerprint density at radius 1 is 1.31 bits per heavy atom. The van der Waals surface area contributed by atoms with E-state index in [0.29, 0.717) is 13.2 Å². The van der Waals surface area contributed by atoms with Gasteiger partial charge in [0.2, 0.25) is 0 Å². The molecule has 2 heterocycles. The molecule has 1 aliphatic rings. The number of benzene rings is 1. The maximum Gasteiger partial charge on any atom is 0.322 e. The largest absolute Gasteiger partial charge is 0.375 e. The summed E-state index contributed by atoms with van der Waals surface area (Å²) in [6.45, 7) is 7.56. The number of amides is 2. The van der Waals surface area contributed by atoms with Crippen LogP contribution in [0.3, 0.4) is 0 Å². The van der Waals surface area contributed by atoms with Crippen LogP contribution in [0.4, 0.5) is 10.5 Å². The van der Waals surface area contributed by atoms with Gasteiger partial charge in [-0.1, -0.05) is 18.2 Å². The molecule has 1 saturated heterocycles. The van der Waals surface area contributed by atoms with E-state index in [2.05, 4.69) is 24.1 Å². The first-order valence-electron chi connectivity index (χ1n) is 9.20. The molecule has 1 fully saturated rings. The molecule has 0 aliphatic carbocycles. The summed E-state index contributed by atoms with van der Waals surface area (Å²) in [5.41, 5.74) is 2.67. The Morgan fingerprint density at radius 2 is 2.12 bits per heavy atom. The molecule has 0 radical (unpaired) electrons. The summed E-state index contributed by atoms with van der Waals surface area (Å²) < 4.78 is 5.79. The summed E-state index contributed by atoms with van der Waals surface area (Å²) in [5, 5.41) is 3.05. The summed E-state index contributed by atoms with van der Waals surface area (Å²) in [6, 6.07) is 11.9. The van der Waals surface area contributed by atoms with E-state index < -0.39 is 0 Å². The van der Waals surface area contributed by atoms with Crippen LogP contribution in [0.2, 0.25) is 0 Å². The normalized spacial score (nSPS) is 19.0. The first kappa shape index (κ1) is 18.4. The van der Waals surface area contributed by atoms with Gasteiger partial charge < -0.3 is 15.0 Å². The number of carbonyl (C=O) groups excluding carboxylic acids is 1. The lowest BCUT2D eigenvalue weighted by atomic mass is 9.93. The van der Waals surface area contributed by atoms with Crippen molar-refractivity contribution in [1.29, 1.82) is 0 Å². The fraction of sp³-hybridized carbons (Fsp3) is 0.429. The average molecular weight is 353 g/mol. The zero-order valence-electron chi connectivity index (χ0n) is 15.7. The van der Waals surface area contributed by atoms with Crippen LogP contribution in [0.15, 0.2) is 48.8 Å².